The Labute approximate surface area is 117 Å². The van der Waals surface area contributed by atoms with Gasteiger partial charge >= 0.3 is 0 Å². The number of para-hydroxylation sites is 1. The highest BCUT2D eigenvalue weighted by Gasteiger charge is 2.13. The van der Waals surface area contributed by atoms with E-state index in [4.69, 9.17) is 0 Å². The highest BCUT2D eigenvalue weighted by molar-refractivity contribution is 5.89. The fourth-order valence-electron chi connectivity index (χ4n) is 2.41. The summed E-state index contributed by atoms with van der Waals surface area (Å²) in [6.45, 7) is 2.12. The Kier molecular flexibility index (Phi) is 3.18. The van der Waals surface area contributed by atoms with Crippen LogP contribution in [0.1, 0.15) is 24.7 Å². The van der Waals surface area contributed by atoms with Crippen LogP contribution < -0.4 is 0 Å². The molecular weight excluding hydrogens is 248 g/mol. The maximum atomic E-state index is 9.37. The summed E-state index contributed by atoms with van der Waals surface area (Å²) < 4.78 is 2.01. The number of aromatic nitrogens is 3. The molecule has 0 aliphatic carbocycles. The molecule has 0 bridgehead atoms. The van der Waals surface area contributed by atoms with Crippen molar-refractivity contribution < 1.29 is 0 Å². The van der Waals surface area contributed by atoms with E-state index in [-0.39, 0.29) is 0 Å². The van der Waals surface area contributed by atoms with Gasteiger partial charge in [-0.1, -0.05) is 25.1 Å². The number of fused-ring (bicyclic) bond motifs is 1. The first kappa shape index (κ1) is 12.4. The average molecular weight is 262 g/mol. The first-order chi connectivity index (χ1) is 9.85. The van der Waals surface area contributed by atoms with E-state index in [2.05, 4.69) is 23.0 Å². The van der Waals surface area contributed by atoms with E-state index in [1.165, 1.54) is 0 Å². The van der Waals surface area contributed by atoms with Crippen molar-refractivity contribution in [3.63, 3.8) is 0 Å². The van der Waals surface area contributed by atoms with E-state index in [1.807, 2.05) is 35.0 Å². The van der Waals surface area contributed by atoms with Crippen molar-refractivity contribution in [1.82, 2.24) is 14.5 Å². The molecular formula is C16H14N4. The lowest BCUT2D eigenvalue weighted by molar-refractivity contribution is 0.810. The van der Waals surface area contributed by atoms with Crippen LogP contribution in [0.15, 0.2) is 42.9 Å². The molecule has 0 fully saturated rings. The Balaban J connectivity index is 2.34. The second-order valence-corrected chi connectivity index (χ2v) is 4.61. The molecule has 2 aromatic heterocycles. The maximum Gasteiger partial charge on any atom is 0.113 e. The summed E-state index contributed by atoms with van der Waals surface area (Å²) in [7, 11) is 0. The summed E-state index contributed by atoms with van der Waals surface area (Å²) in [4.78, 5) is 8.74. The minimum absolute atomic E-state index is 0.569. The van der Waals surface area contributed by atoms with Crippen LogP contribution in [-0.2, 0) is 6.42 Å². The van der Waals surface area contributed by atoms with Crippen LogP contribution in [0, 0.1) is 11.3 Å². The average Bonchev–Trinajstić information content (AvgIpc) is 2.94. The van der Waals surface area contributed by atoms with Crippen LogP contribution in [0.25, 0.3) is 16.6 Å². The molecule has 0 amide bonds. The number of hydrogen-bond donors (Lipinski definition) is 0. The van der Waals surface area contributed by atoms with E-state index in [0.717, 1.165) is 35.3 Å². The first-order valence-electron chi connectivity index (χ1n) is 6.65. The van der Waals surface area contributed by atoms with E-state index >= 15 is 0 Å². The van der Waals surface area contributed by atoms with Crippen LogP contribution in [0.3, 0.4) is 0 Å². The van der Waals surface area contributed by atoms with Crippen molar-refractivity contribution in [3.8, 4) is 11.8 Å². The molecule has 4 nitrogen and oxygen atoms in total. The molecule has 20 heavy (non-hydrogen) atoms. The quantitative estimate of drug-likeness (QED) is 0.728. The minimum Gasteiger partial charge on any atom is -0.302 e. The molecule has 0 atom stereocenters. The summed E-state index contributed by atoms with van der Waals surface area (Å²) in [6, 6.07) is 10.1. The molecule has 1 aromatic carbocycles. The normalized spacial score (nSPS) is 10.6. The van der Waals surface area contributed by atoms with Crippen molar-refractivity contribution in [1.29, 1.82) is 5.26 Å². The lowest BCUT2D eigenvalue weighted by atomic mass is 10.1. The van der Waals surface area contributed by atoms with E-state index in [9.17, 15) is 5.26 Å². The molecule has 4 heteroatoms. The molecule has 3 rings (SSSR count). The summed E-state index contributed by atoms with van der Waals surface area (Å²) in [5.41, 5.74) is 2.33. The van der Waals surface area contributed by atoms with Crippen LogP contribution >= 0.6 is 0 Å². The number of pyridine rings is 1. The summed E-state index contributed by atoms with van der Waals surface area (Å²) >= 11 is 0. The number of hydrogen-bond acceptors (Lipinski definition) is 3. The number of nitriles is 1. The SMILES string of the molecule is CCCc1nccn1-c1c(C#N)cnc2ccccc12. The zero-order valence-corrected chi connectivity index (χ0v) is 11.2. The first-order valence-corrected chi connectivity index (χ1v) is 6.65. The number of benzene rings is 1. The Morgan fingerprint density at radius 1 is 1.25 bits per heavy atom. The second-order valence-electron chi connectivity index (χ2n) is 4.61. The monoisotopic (exact) mass is 262 g/mol. The molecule has 98 valence electrons. The number of imidazole rings is 1. The fourth-order valence-corrected chi connectivity index (χ4v) is 2.41. The van der Waals surface area contributed by atoms with Crippen molar-refractivity contribution in [3.05, 3.63) is 54.2 Å². The van der Waals surface area contributed by atoms with Gasteiger partial charge in [0.1, 0.15) is 11.9 Å². The number of rotatable bonds is 3. The lowest BCUT2D eigenvalue weighted by Gasteiger charge is -2.12. The van der Waals surface area contributed by atoms with Crippen LogP contribution in [-0.4, -0.2) is 14.5 Å². The molecule has 0 aliphatic rings. The van der Waals surface area contributed by atoms with E-state index in [0.29, 0.717) is 5.56 Å². The molecule has 0 saturated heterocycles. The van der Waals surface area contributed by atoms with Gasteiger partial charge < -0.3 is 4.57 Å². The minimum atomic E-state index is 0.569. The third-order valence-electron chi connectivity index (χ3n) is 3.30. The molecule has 0 saturated carbocycles. The highest BCUT2D eigenvalue weighted by Crippen LogP contribution is 2.25. The van der Waals surface area contributed by atoms with Gasteiger partial charge in [0, 0.05) is 30.4 Å². The fraction of sp³-hybridized carbons (Fsp3) is 0.188. The van der Waals surface area contributed by atoms with Gasteiger partial charge in [-0.3, -0.25) is 4.98 Å². The molecule has 0 spiro atoms. The van der Waals surface area contributed by atoms with E-state index < -0.39 is 0 Å². The smallest absolute Gasteiger partial charge is 0.113 e. The van der Waals surface area contributed by atoms with Crippen molar-refractivity contribution in [2.24, 2.45) is 0 Å². The Morgan fingerprint density at radius 2 is 2.10 bits per heavy atom. The molecule has 3 aromatic rings. The largest absolute Gasteiger partial charge is 0.302 e. The molecule has 0 radical (unpaired) electrons. The zero-order chi connectivity index (χ0) is 13.9. The topological polar surface area (TPSA) is 54.5 Å². The van der Waals surface area contributed by atoms with Crippen molar-refractivity contribution in [2.45, 2.75) is 19.8 Å². The van der Waals surface area contributed by atoms with Crippen LogP contribution in [0.4, 0.5) is 0 Å². The molecule has 2 heterocycles. The van der Waals surface area contributed by atoms with Crippen molar-refractivity contribution in [2.75, 3.05) is 0 Å². The van der Waals surface area contributed by atoms with Gasteiger partial charge in [0.2, 0.25) is 0 Å². The number of aryl methyl sites for hydroxylation is 1. The molecule has 0 N–H and O–H groups in total. The predicted molar refractivity (Wildman–Crippen MR) is 77.6 cm³/mol. The van der Waals surface area contributed by atoms with Crippen molar-refractivity contribution >= 4 is 10.9 Å². The lowest BCUT2D eigenvalue weighted by Crippen LogP contribution is -2.04. The Hall–Kier alpha value is -2.67. The molecule has 0 unspecified atom stereocenters. The van der Waals surface area contributed by atoms with E-state index in [1.54, 1.807) is 12.4 Å². The van der Waals surface area contributed by atoms with Gasteiger partial charge in [-0.25, -0.2) is 4.98 Å². The summed E-state index contributed by atoms with van der Waals surface area (Å²) in [5.74, 6) is 0.973. The number of nitrogens with zero attached hydrogens (tertiary/aromatic N) is 4. The third-order valence-corrected chi connectivity index (χ3v) is 3.30. The Morgan fingerprint density at radius 3 is 2.90 bits per heavy atom. The van der Waals surface area contributed by atoms with Gasteiger partial charge in [-0.15, -0.1) is 0 Å². The summed E-state index contributed by atoms with van der Waals surface area (Å²) in [6.07, 6.45) is 7.22. The maximum absolute atomic E-state index is 9.37. The van der Waals surface area contributed by atoms with Gasteiger partial charge in [0.05, 0.1) is 16.8 Å². The van der Waals surface area contributed by atoms with Crippen LogP contribution in [0.2, 0.25) is 0 Å². The zero-order valence-electron chi connectivity index (χ0n) is 11.2. The second kappa shape index (κ2) is 5.14. The van der Waals surface area contributed by atoms with Gasteiger partial charge in [0.25, 0.3) is 0 Å². The van der Waals surface area contributed by atoms with Crippen LogP contribution in [0.5, 0.6) is 0 Å². The Bertz CT molecular complexity index is 796. The predicted octanol–water partition coefficient (Wildman–Crippen LogP) is 3.24. The molecule has 0 aliphatic heterocycles. The highest BCUT2D eigenvalue weighted by atomic mass is 15.1. The third kappa shape index (κ3) is 1.94. The van der Waals surface area contributed by atoms with Gasteiger partial charge in [-0.05, 0) is 12.5 Å². The van der Waals surface area contributed by atoms with Gasteiger partial charge in [0.15, 0.2) is 0 Å². The standard InChI is InChI=1S/C16H14N4/c1-2-5-15-18-8-9-20(15)16-12(10-17)11-19-14-7-4-3-6-13(14)16/h3-4,6-9,11H,2,5H2,1H3. The van der Waals surface area contributed by atoms with Gasteiger partial charge in [-0.2, -0.15) is 5.26 Å². The summed E-state index contributed by atoms with van der Waals surface area (Å²) in [5, 5.41) is 10.3.